The second-order valence-corrected chi connectivity index (χ2v) is 8.42. The van der Waals surface area contributed by atoms with Crippen LogP contribution in [0.2, 0.25) is 0 Å². The number of benzene rings is 2. The molecule has 2 aromatic carbocycles. The van der Waals surface area contributed by atoms with Gasteiger partial charge in [-0.3, -0.25) is 9.80 Å². The highest BCUT2D eigenvalue weighted by atomic mass is 16.5. The fraction of sp³-hybridized carbons (Fsp3) is 0.462. The third-order valence-corrected chi connectivity index (χ3v) is 6.19. The molecule has 1 fully saturated rings. The Morgan fingerprint density at radius 1 is 1.09 bits per heavy atom. The number of nitrogens with zero attached hydrogens (tertiary/aromatic N) is 2. The van der Waals surface area contributed by atoms with Crippen LogP contribution in [-0.4, -0.2) is 74.1 Å². The monoisotopic (exact) mass is 438 g/mol. The van der Waals surface area contributed by atoms with E-state index < -0.39 is 0 Å². The molecule has 172 valence electrons. The van der Waals surface area contributed by atoms with Crippen molar-refractivity contribution >= 4 is 6.08 Å². The number of rotatable bonds is 9. The van der Waals surface area contributed by atoms with Crippen LogP contribution in [0.4, 0.5) is 0 Å². The lowest BCUT2D eigenvalue weighted by molar-refractivity contribution is 0.0574. The number of hydrogen-bond acceptors (Lipinski definition) is 6. The Hall–Kier alpha value is -2.54. The van der Waals surface area contributed by atoms with Gasteiger partial charge in [-0.15, -0.1) is 0 Å². The molecule has 2 heterocycles. The van der Waals surface area contributed by atoms with Crippen LogP contribution >= 0.6 is 0 Å². The van der Waals surface area contributed by atoms with Gasteiger partial charge in [-0.05, 0) is 48.8 Å². The Balaban J connectivity index is 1.38. The van der Waals surface area contributed by atoms with Crippen LogP contribution in [0.25, 0.3) is 6.08 Å². The number of para-hydroxylation sites is 1. The van der Waals surface area contributed by atoms with Crippen LogP contribution in [0.3, 0.4) is 0 Å². The highest BCUT2D eigenvalue weighted by molar-refractivity contribution is 5.66. The molecule has 0 unspecified atom stereocenters. The molecule has 2 aliphatic heterocycles. The first-order valence-corrected chi connectivity index (χ1v) is 11.5. The zero-order valence-corrected chi connectivity index (χ0v) is 19.1. The van der Waals surface area contributed by atoms with E-state index >= 15 is 0 Å². The molecule has 6 heteroatoms. The summed E-state index contributed by atoms with van der Waals surface area (Å²) in [6, 6.07) is 14.7. The van der Waals surface area contributed by atoms with Crippen molar-refractivity contribution in [1.82, 2.24) is 9.80 Å². The normalized spacial score (nSPS) is 19.1. The number of methoxy groups -OCH3 is 1. The number of aliphatic hydroxyl groups is 1. The fourth-order valence-electron chi connectivity index (χ4n) is 4.59. The van der Waals surface area contributed by atoms with Crippen molar-refractivity contribution in [1.29, 1.82) is 0 Å². The highest BCUT2D eigenvalue weighted by Crippen LogP contribution is 2.35. The van der Waals surface area contributed by atoms with Crippen molar-refractivity contribution in [2.24, 2.45) is 0 Å². The molecule has 2 aliphatic rings. The minimum absolute atomic E-state index is 0.206. The summed E-state index contributed by atoms with van der Waals surface area (Å²) in [5.41, 5.74) is 3.62. The maximum atomic E-state index is 9.66. The van der Waals surface area contributed by atoms with Gasteiger partial charge < -0.3 is 19.3 Å². The summed E-state index contributed by atoms with van der Waals surface area (Å²) in [5, 5.41) is 9.66. The van der Waals surface area contributed by atoms with Crippen LogP contribution in [0.1, 0.15) is 24.5 Å². The summed E-state index contributed by atoms with van der Waals surface area (Å²) >= 11 is 0. The van der Waals surface area contributed by atoms with Crippen LogP contribution in [0, 0.1) is 0 Å². The quantitative estimate of drug-likeness (QED) is 0.647. The van der Waals surface area contributed by atoms with Gasteiger partial charge in [0.2, 0.25) is 0 Å². The van der Waals surface area contributed by atoms with Crippen molar-refractivity contribution < 1.29 is 19.3 Å². The van der Waals surface area contributed by atoms with E-state index in [-0.39, 0.29) is 6.61 Å². The van der Waals surface area contributed by atoms with Crippen LogP contribution < -0.4 is 14.2 Å². The topological polar surface area (TPSA) is 54.4 Å². The first-order valence-electron chi connectivity index (χ1n) is 11.5. The molecular formula is C26H34N2O4. The molecule has 1 N–H and O–H groups in total. The second kappa shape index (κ2) is 10.9. The number of piperazine rings is 1. The van der Waals surface area contributed by atoms with Crippen molar-refractivity contribution in [3.05, 3.63) is 59.2 Å². The zero-order valence-electron chi connectivity index (χ0n) is 19.1. The Morgan fingerprint density at radius 2 is 1.94 bits per heavy atom. The molecule has 0 aliphatic carbocycles. The molecule has 0 saturated carbocycles. The van der Waals surface area contributed by atoms with E-state index in [2.05, 4.69) is 34.1 Å². The average molecular weight is 439 g/mol. The minimum Gasteiger partial charge on any atom is -0.494 e. The first kappa shape index (κ1) is 22.6. The molecule has 4 rings (SSSR count). The molecule has 32 heavy (non-hydrogen) atoms. The third kappa shape index (κ3) is 5.44. The van der Waals surface area contributed by atoms with E-state index in [9.17, 15) is 5.11 Å². The van der Waals surface area contributed by atoms with Crippen molar-refractivity contribution in [2.75, 3.05) is 53.1 Å². The van der Waals surface area contributed by atoms with E-state index in [0.29, 0.717) is 19.3 Å². The van der Waals surface area contributed by atoms with Gasteiger partial charge in [0, 0.05) is 50.9 Å². The maximum absolute atomic E-state index is 9.66. The van der Waals surface area contributed by atoms with Crippen LogP contribution in [0.5, 0.6) is 17.2 Å². The number of aliphatic hydroxyl groups excluding tert-OH is 1. The van der Waals surface area contributed by atoms with Gasteiger partial charge in [-0.1, -0.05) is 24.3 Å². The number of fused-ring (bicyclic) bond motifs is 1. The Kier molecular flexibility index (Phi) is 7.68. The summed E-state index contributed by atoms with van der Waals surface area (Å²) in [5.74, 6) is 2.52. The largest absolute Gasteiger partial charge is 0.494 e. The van der Waals surface area contributed by atoms with Crippen molar-refractivity contribution in [3.8, 4) is 17.2 Å². The molecule has 1 atom stereocenters. The predicted molar refractivity (Wildman–Crippen MR) is 126 cm³/mol. The summed E-state index contributed by atoms with van der Waals surface area (Å²) in [7, 11) is 1.67. The highest BCUT2D eigenvalue weighted by Gasteiger charge is 2.28. The third-order valence-electron chi connectivity index (χ3n) is 6.19. The SMILES string of the molecule is CCOc1ccc(CN2CCN(CC3=Cc4cccc(OC)c4OC3)C[C@H]2CCO)cc1. The molecule has 0 aromatic heterocycles. The molecule has 2 aromatic rings. The van der Waals surface area contributed by atoms with Gasteiger partial charge in [-0.2, -0.15) is 0 Å². The average Bonchev–Trinajstić information content (AvgIpc) is 2.82. The van der Waals surface area contributed by atoms with E-state index in [4.69, 9.17) is 14.2 Å². The van der Waals surface area contributed by atoms with Gasteiger partial charge in [-0.25, -0.2) is 0 Å². The maximum Gasteiger partial charge on any atom is 0.168 e. The summed E-state index contributed by atoms with van der Waals surface area (Å²) in [4.78, 5) is 4.98. The lowest BCUT2D eigenvalue weighted by Gasteiger charge is -2.42. The van der Waals surface area contributed by atoms with E-state index in [1.54, 1.807) is 7.11 Å². The Bertz CT molecular complexity index is 913. The van der Waals surface area contributed by atoms with Crippen LogP contribution in [0.15, 0.2) is 48.0 Å². The lowest BCUT2D eigenvalue weighted by atomic mass is 10.0. The van der Waals surface area contributed by atoms with Gasteiger partial charge in [0.1, 0.15) is 12.4 Å². The number of ether oxygens (including phenoxy) is 3. The van der Waals surface area contributed by atoms with Crippen LogP contribution in [-0.2, 0) is 6.54 Å². The van der Waals surface area contributed by atoms with Gasteiger partial charge in [0.05, 0.1) is 13.7 Å². The predicted octanol–water partition coefficient (Wildman–Crippen LogP) is 3.44. The van der Waals surface area contributed by atoms with Gasteiger partial charge in [0.25, 0.3) is 0 Å². The minimum atomic E-state index is 0.206. The Labute approximate surface area is 191 Å². The molecular weight excluding hydrogens is 404 g/mol. The molecule has 0 bridgehead atoms. The number of hydrogen-bond donors (Lipinski definition) is 1. The zero-order chi connectivity index (χ0) is 22.3. The Morgan fingerprint density at radius 3 is 2.69 bits per heavy atom. The first-order chi connectivity index (χ1) is 15.7. The molecule has 0 amide bonds. The molecule has 6 nitrogen and oxygen atoms in total. The van der Waals surface area contributed by atoms with Gasteiger partial charge >= 0.3 is 0 Å². The van der Waals surface area contributed by atoms with E-state index in [1.165, 1.54) is 11.1 Å². The van der Waals surface area contributed by atoms with E-state index in [1.807, 2.05) is 31.2 Å². The summed E-state index contributed by atoms with van der Waals surface area (Å²) in [6.45, 7) is 8.18. The lowest BCUT2D eigenvalue weighted by Crippen LogP contribution is -2.53. The fourth-order valence-corrected chi connectivity index (χ4v) is 4.59. The molecule has 0 radical (unpaired) electrons. The van der Waals surface area contributed by atoms with Crippen molar-refractivity contribution in [3.63, 3.8) is 0 Å². The van der Waals surface area contributed by atoms with E-state index in [0.717, 1.165) is 62.0 Å². The molecule has 1 saturated heterocycles. The second-order valence-electron chi connectivity index (χ2n) is 8.42. The smallest absolute Gasteiger partial charge is 0.168 e. The standard InChI is InChI=1S/C26H34N2O4/c1-3-31-24-9-7-20(8-10-24)17-28-13-12-27(18-23(28)11-14-29)16-21-15-22-5-4-6-25(30-2)26(22)32-19-21/h4-10,15,23,29H,3,11-14,16-19H2,1-2H3/t23-/m1/s1. The summed E-state index contributed by atoms with van der Waals surface area (Å²) in [6.07, 6.45) is 3.01. The molecule has 0 spiro atoms. The van der Waals surface area contributed by atoms with Crippen molar-refractivity contribution in [2.45, 2.75) is 25.9 Å². The summed E-state index contributed by atoms with van der Waals surface area (Å²) < 4.78 is 17.0. The van der Waals surface area contributed by atoms with Gasteiger partial charge in [0.15, 0.2) is 11.5 Å².